The lowest BCUT2D eigenvalue weighted by Crippen LogP contribution is -2.17. The van der Waals surface area contributed by atoms with Gasteiger partial charge in [0.05, 0.1) is 12.5 Å². The molecule has 1 atom stereocenters. The standard InChI is InChI=1S/C9H18O2S/c1-5-11-9(10)8(4)6-12-7(2)3/h7-8H,5-6H2,1-4H3. The molecular weight excluding hydrogens is 172 g/mol. The summed E-state index contributed by atoms with van der Waals surface area (Å²) in [6.45, 7) is 8.48. The molecule has 0 fully saturated rings. The lowest BCUT2D eigenvalue weighted by Gasteiger charge is -2.11. The van der Waals surface area contributed by atoms with Crippen LogP contribution in [0.2, 0.25) is 0 Å². The zero-order valence-electron chi connectivity index (χ0n) is 8.29. The zero-order chi connectivity index (χ0) is 9.56. The highest BCUT2D eigenvalue weighted by molar-refractivity contribution is 7.99. The number of thioether (sulfide) groups is 1. The van der Waals surface area contributed by atoms with E-state index in [0.717, 1.165) is 5.75 Å². The molecule has 0 radical (unpaired) electrons. The van der Waals surface area contributed by atoms with Crippen molar-refractivity contribution in [2.75, 3.05) is 12.4 Å². The zero-order valence-corrected chi connectivity index (χ0v) is 9.11. The summed E-state index contributed by atoms with van der Waals surface area (Å²) in [7, 11) is 0. The van der Waals surface area contributed by atoms with Gasteiger partial charge in [-0.2, -0.15) is 11.8 Å². The monoisotopic (exact) mass is 190 g/mol. The van der Waals surface area contributed by atoms with Crippen molar-refractivity contribution in [2.24, 2.45) is 5.92 Å². The molecule has 0 aliphatic carbocycles. The summed E-state index contributed by atoms with van der Waals surface area (Å²) < 4.78 is 4.88. The van der Waals surface area contributed by atoms with Crippen LogP contribution in [0.4, 0.5) is 0 Å². The third kappa shape index (κ3) is 5.47. The minimum atomic E-state index is -0.0781. The van der Waals surface area contributed by atoms with Crippen LogP contribution in [0.3, 0.4) is 0 Å². The second-order valence-corrected chi connectivity index (χ2v) is 4.64. The molecule has 0 amide bonds. The van der Waals surface area contributed by atoms with Gasteiger partial charge in [-0.15, -0.1) is 0 Å². The minimum Gasteiger partial charge on any atom is -0.466 e. The Labute approximate surface area is 79.1 Å². The van der Waals surface area contributed by atoms with E-state index in [2.05, 4.69) is 13.8 Å². The third-order valence-corrected chi connectivity index (χ3v) is 2.73. The van der Waals surface area contributed by atoms with E-state index in [9.17, 15) is 4.79 Å². The molecule has 0 N–H and O–H groups in total. The summed E-state index contributed by atoms with van der Waals surface area (Å²) >= 11 is 1.79. The van der Waals surface area contributed by atoms with Gasteiger partial charge in [-0.1, -0.05) is 20.8 Å². The van der Waals surface area contributed by atoms with E-state index < -0.39 is 0 Å². The molecule has 0 rings (SSSR count). The van der Waals surface area contributed by atoms with Crippen LogP contribution in [0.15, 0.2) is 0 Å². The average Bonchev–Trinajstić information content (AvgIpc) is 2.00. The van der Waals surface area contributed by atoms with Crippen LogP contribution in [0.1, 0.15) is 27.7 Å². The summed E-state index contributed by atoms with van der Waals surface area (Å²) in [5.74, 6) is 0.805. The molecular formula is C9H18O2S. The van der Waals surface area contributed by atoms with E-state index in [4.69, 9.17) is 4.74 Å². The Kier molecular flexibility index (Phi) is 6.25. The van der Waals surface area contributed by atoms with Crippen LogP contribution in [0.5, 0.6) is 0 Å². The SMILES string of the molecule is CCOC(=O)C(C)CSC(C)C. The lowest BCUT2D eigenvalue weighted by molar-refractivity contribution is -0.146. The van der Waals surface area contributed by atoms with Crippen molar-refractivity contribution in [2.45, 2.75) is 32.9 Å². The molecule has 0 saturated carbocycles. The Hall–Kier alpha value is -0.180. The summed E-state index contributed by atoms with van der Waals surface area (Å²) in [6, 6.07) is 0. The smallest absolute Gasteiger partial charge is 0.309 e. The van der Waals surface area contributed by atoms with E-state index in [1.54, 1.807) is 11.8 Å². The first-order valence-electron chi connectivity index (χ1n) is 4.36. The van der Waals surface area contributed by atoms with Gasteiger partial charge in [0.15, 0.2) is 0 Å². The van der Waals surface area contributed by atoms with Crippen LogP contribution in [0, 0.1) is 5.92 Å². The van der Waals surface area contributed by atoms with Crippen molar-refractivity contribution in [1.29, 1.82) is 0 Å². The van der Waals surface area contributed by atoms with Gasteiger partial charge in [0, 0.05) is 5.75 Å². The van der Waals surface area contributed by atoms with E-state index in [1.807, 2.05) is 13.8 Å². The quantitative estimate of drug-likeness (QED) is 0.622. The van der Waals surface area contributed by atoms with Crippen molar-refractivity contribution in [1.82, 2.24) is 0 Å². The van der Waals surface area contributed by atoms with Gasteiger partial charge >= 0.3 is 5.97 Å². The largest absolute Gasteiger partial charge is 0.466 e. The minimum absolute atomic E-state index is 0.0253. The highest BCUT2D eigenvalue weighted by atomic mass is 32.2. The molecule has 2 nitrogen and oxygen atoms in total. The summed E-state index contributed by atoms with van der Waals surface area (Å²) in [5, 5.41) is 0.585. The van der Waals surface area contributed by atoms with Crippen LogP contribution in [-0.4, -0.2) is 23.6 Å². The number of hydrogen-bond acceptors (Lipinski definition) is 3. The second kappa shape index (κ2) is 6.35. The molecule has 12 heavy (non-hydrogen) atoms. The van der Waals surface area contributed by atoms with Crippen LogP contribution in [0.25, 0.3) is 0 Å². The predicted molar refractivity (Wildman–Crippen MR) is 53.4 cm³/mol. The molecule has 1 unspecified atom stereocenters. The molecule has 0 spiro atoms. The highest BCUT2D eigenvalue weighted by Crippen LogP contribution is 2.14. The second-order valence-electron chi connectivity index (χ2n) is 3.04. The van der Waals surface area contributed by atoms with E-state index in [-0.39, 0.29) is 11.9 Å². The van der Waals surface area contributed by atoms with Gasteiger partial charge in [-0.05, 0) is 12.2 Å². The first-order valence-corrected chi connectivity index (χ1v) is 5.41. The molecule has 0 aromatic heterocycles. The average molecular weight is 190 g/mol. The summed E-state index contributed by atoms with van der Waals surface area (Å²) in [5.41, 5.74) is 0. The first-order chi connectivity index (χ1) is 5.57. The van der Waals surface area contributed by atoms with Gasteiger partial charge in [0.25, 0.3) is 0 Å². The maximum atomic E-state index is 11.1. The Morgan fingerprint density at radius 3 is 2.42 bits per heavy atom. The fourth-order valence-corrected chi connectivity index (χ4v) is 1.50. The maximum Gasteiger partial charge on any atom is 0.309 e. The van der Waals surface area contributed by atoms with Gasteiger partial charge < -0.3 is 4.74 Å². The number of esters is 1. The predicted octanol–water partition coefficient (Wildman–Crippen LogP) is 2.33. The fraction of sp³-hybridized carbons (Fsp3) is 0.889. The Bertz CT molecular complexity index is 134. The number of hydrogen-bond donors (Lipinski definition) is 0. The van der Waals surface area contributed by atoms with Crippen molar-refractivity contribution in [3.8, 4) is 0 Å². The molecule has 0 heterocycles. The number of carbonyl (C=O) groups is 1. The topological polar surface area (TPSA) is 26.3 Å². The molecule has 0 bridgehead atoms. The third-order valence-electron chi connectivity index (χ3n) is 1.37. The lowest BCUT2D eigenvalue weighted by atomic mass is 10.2. The number of carbonyl (C=O) groups excluding carboxylic acids is 1. The van der Waals surface area contributed by atoms with Gasteiger partial charge in [0.2, 0.25) is 0 Å². The molecule has 0 aliphatic heterocycles. The molecule has 0 aliphatic rings. The van der Waals surface area contributed by atoms with Crippen LogP contribution >= 0.6 is 11.8 Å². The molecule has 0 aromatic carbocycles. The molecule has 0 aromatic rings. The van der Waals surface area contributed by atoms with Gasteiger partial charge in [-0.3, -0.25) is 4.79 Å². The van der Waals surface area contributed by atoms with E-state index in [1.165, 1.54) is 0 Å². The van der Waals surface area contributed by atoms with Crippen LogP contribution < -0.4 is 0 Å². The molecule has 3 heteroatoms. The van der Waals surface area contributed by atoms with Crippen molar-refractivity contribution >= 4 is 17.7 Å². The van der Waals surface area contributed by atoms with Gasteiger partial charge in [-0.25, -0.2) is 0 Å². The normalized spacial score (nSPS) is 13.1. The fourth-order valence-electron chi connectivity index (χ4n) is 0.689. The van der Waals surface area contributed by atoms with Crippen molar-refractivity contribution in [3.63, 3.8) is 0 Å². The van der Waals surface area contributed by atoms with Crippen molar-refractivity contribution < 1.29 is 9.53 Å². The van der Waals surface area contributed by atoms with E-state index in [0.29, 0.717) is 11.9 Å². The number of ether oxygens (including phenoxy) is 1. The Balaban J connectivity index is 3.56. The first kappa shape index (κ1) is 11.8. The van der Waals surface area contributed by atoms with Gasteiger partial charge in [0.1, 0.15) is 0 Å². The molecule has 0 saturated heterocycles. The molecule has 72 valence electrons. The summed E-state index contributed by atoms with van der Waals surface area (Å²) in [6.07, 6.45) is 0. The maximum absolute atomic E-state index is 11.1. The Morgan fingerprint density at radius 1 is 1.42 bits per heavy atom. The summed E-state index contributed by atoms with van der Waals surface area (Å²) in [4.78, 5) is 11.1. The van der Waals surface area contributed by atoms with E-state index >= 15 is 0 Å². The number of rotatable bonds is 5. The Morgan fingerprint density at radius 2 is 2.00 bits per heavy atom. The van der Waals surface area contributed by atoms with Crippen molar-refractivity contribution in [3.05, 3.63) is 0 Å². The van der Waals surface area contributed by atoms with Crippen LogP contribution in [-0.2, 0) is 9.53 Å². The highest BCUT2D eigenvalue weighted by Gasteiger charge is 2.13.